The monoisotopic (exact) mass is 322 g/mol. The molecular weight excluding hydrogens is 304 g/mol. The molecular formula is C19H18N2O3. The van der Waals surface area contributed by atoms with Crippen molar-refractivity contribution < 1.29 is 14.2 Å². The van der Waals surface area contributed by atoms with Gasteiger partial charge in [-0.1, -0.05) is 12.1 Å². The van der Waals surface area contributed by atoms with Crippen LogP contribution < -0.4 is 14.2 Å². The van der Waals surface area contributed by atoms with E-state index in [-0.39, 0.29) is 0 Å². The number of rotatable bonds is 4. The maximum Gasteiger partial charge on any atom is 0.241 e. The summed E-state index contributed by atoms with van der Waals surface area (Å²) in [6.45, 7) is 2.63. The average molecular weight is 322 g/mol. The molecule has 3 aromatic rings. The molecule has 2 heterocycles. The standard InChI is InChI=1S/C19H18N2O3/c1-3-23-14-9-7-12(8-10-14)18-20-15-11-13-5-4-6-16(22-2)17(13)24-19(15)21-18/h4-10H,3,11H2,1-2H3,(H,20,21). The number of benzene rings is 2. The maximum atomic E-state index is 5.97. The minimum absolute atomic E-state index is 0.607. The summed E-state index contributed by atoms with van der Waals surface area (Å²) >= 11 is 0. The number of hydrogen-bond acceptors (Lipinski definition) is 4. The quantitative estimate of drug-likeness (QED) is 0.612. The predicted octanol–water partition coefficient (Wildman–Crippen LogP) is 4.18. The van der Waals surface area contributed by atoms with E-state index in [1.54, 1.807) is 7.11 Å². The minimum Gasteiger partial charge on any atom is -0.494 e. The molecule has 4 rings (SSSR count). The molecule has 5 nitrogen and oxygen atoms in total. The number of aromatic amines is 1. The molecule has 0 amide bonds. The van der Waals surface area contributed by atoms with Crippen LogP contribution in [0.1, 0.15) is 18.2 Å². The van der Waals surface area contributed by atoms with Crippen molar-refractivity contribution in [3.05, 3.63) is 53.7 Å². The minimum atomic E-state index is 0.607. The Morgan fingerprint density at radius 2 is 2.00 bits per heavy atom. The number of nitrogens with zero attached hydrogens (tertiary/aromatic N) is 1. The summed E-state index contributed by atoms with van der Waals surface area (Å²) in [6.07, 6.45) is 0.742. The van der Waals surface area contributed by atoms with E-state index in [1.807, 2.05) is 49.4 Å². The topological polar surface area (TPSA) is 56.4 Å². The molecule has 0 saturated carbocycles. The first-order chi connectivity index (χ1) is 11.8. The highest BCUT2D eigenvalue weighted by atomic mass is 16.5. The fourth-order valence-electron chi connectivity index (χ4n) is 2.87. The molecule has 1 aliphatic rings. The molecule has 0 saturated heterocycles. The SMILES string of the molecule is CCOc1ccc(-c2nc3c([nH]2)Cc2cccc(OC)c2O3)cc1. The molecule has 1 aliphatic heterocycles. The lowest BCUT2D eigenvalue weighted by Gasteiger charge is -2.17. The van der Waals surface area contributed by atoms with Gasteiger partial charge in [0.25, 0.3) is 0 Å². The molecule has 24 heavy (non-hydrogen) atoms. The van der Waals surface area contributed by atoms with Gasteiger partial charge in [0.2, 0.25) is 5.88 Å². The Bertz CT molecular complexity index is 869. The number of ether oxygens (including phenoxy) is 3. The zero-order valence-corrected chi connectivity index (χ0v) is 13.6. The summed E-state index contributed by atoms with van der Waals surface area (Å²) in [5.41, 5.74) is 3.05. The summed E-state index contributed by atoms with van der Waals surface area (Å²) in [7, 11) is 1.64. The number of methoxy groups -OCH3 is 1. The van der Waals surface area contributed by atoms with E-state index in [9.17, 15) is 0 Å². The van der Waals surface area contributed by atoms with Gasteiger partial charge in [0.1, 0.15) is 11.6 Å². The van der Waals surface area contributed by atoms with Crippen molar-refractivity contribution >= 4 is 0 Å². The van der Waals surface area contributed by atoms with E-state index in [4.69, 9.17) is 14.2 Å². The van der Waals surface area contributed by atoms with E-state index < -0.39 is 0 Å². The maximum absolute atomic E-state index is 5.97. The summed E-state index contributed by atoms with van der Waals surface area (Å²) in [6, 6.07) is 13.8. The summed E-state index contributed by atoms with van der Waals surface area (Å²) < 4.78 is 16.8. The molecule has 0 unspecified atom stereocenters. The molecule has 0 radical (unpaired) electrons. The van der Waals surface area contributed by atoms with Crippen molar-refractivity contribution in [2.75, 3.05) is 13.7 Å². The molecule has 122 valence electrons. The lowest BCUT2D eigenvalue weighted by Crippen LogP contribution is -2.04. The molecule has 1 aromatic heterocycles. The van der Waals surface area contributed by atoms with Gasteiger partial charge < -0.3 is 19.2 Å². The Hall–Kier alpha value is -2.95. The fraction of sp³-hybridized carbons (Fsp3) is 0.211. The summed E-state index contributed by atoms with van der Waals surface area (Å²) in [4.78, 5) is 7.96. The number of nitrogens with one attached hydrogen (secondary N) is 1. The van der Waals surface area contributed by atoms with Gasteiger partial charge in [-0.15, -0.1) is 0 Å². The Morgan fingerprint density at radius 3 is 2.75 bits per heavy atom. The van der Waals surface area contributed by atoms with Crippen LogP contribution in [-0.4, -0.2) is 23.7 Å². The van der Waals surface area contributed by atoms with Crippen LogP contribution >= 0.6 is 0 Å². The van der Waals surface area contributed by atoms with E-state index in [0.29, 0.717) is 12.5 Å². The lowest BCUT2D eigenvalue weighted by atomic mass is 10.1. The first kappa shape index (κ1) is 14.6. The van der Waals surface area contributed by atoms with Crippen LogP contribution in [0.25, 0.3) is 11.4 Å². The third-order valence-electron chi connectivity index (χ3n) is 4.03. The van der Waals surface area contributed by atoms with Crippen molar-refractivity contribution in [1.82, 2.24) is 9.97 Å². The van der Waals surface area contributed by atoms with Gasteiger partial charge in [-0.25, -0.2) is 0 Å². The normalized spacial score (nSPS) is 12.1. The second-order valence-corrected chi connectivity index (χ2v) is 5.55. The van der Waals surface area contributed by atoms with Gasteiger partial charge in [-0.2, -0.15) is 4.98 Å². The number of H-pyrrole nitrogens is 1. The molecule has 0 aliphatic carbocycles. The largest absolute Gasteiger partial charge is 0.494 e. The second-order valence-electron chi connectivity index (χ2n) is 5.55. The van der Waals surface area contributed by atoms with Crippen LogP contribution in [0.15, 0.2) is 42.5 Å². The highest BCUT2D eigenvalue weighted by Crippen LogP contribution is 2.42. The Balaban J connectivity index is 1.65. The Morgan fingerprint density at radius 1 is 1.17 bits per heavy atom. The van der Waals surface area contributed by atoms with Crippen LogP contribution in [0.3, 0.4) is 0 Å². The number of hydrogen-bond donors (Lipinski definition) is 1. The van der Waals surface area contributed by atoms with Crippen LogP contribution in [-0.2, 0) is 6.42 Å². The van der Waals surface area contributed by atoms with E-state index in [2.05, 4.69) is 9.97 Å². The van der Waals surface area contributed by atoms with Crippen LogP contribution in [0.2, 0.25) is 0 Å². The molecule has 0 bridgehead atoms. The first-order valence-corrected chi connectivity index (χ1v) is 7.94. The first-order valence-electron chi connectivity index (χ1n) is 7.94. The summed E-state index contributed by atoms with van der Waals surface area (Å²) in [5.74, 6) is 3.72. The lowest BCUT2D eigenvalue weighted by molar-refractivity contribution is 0.340. The van der Waals surface area contributed by atoms with E-state index >= 15 is 0 Å². The second kappa shape index (κ2) is 5.92. The third kappa shape index (κ3) is 2.48. The molecule has 0 atom stereocenters. The van der Waals surface area contributed by atoms with Crippen LogP contribution in [0, 0.1) is 0 Å². The van der Waals surface area contributed by atoms with Crippen LogP contribution in [0.5, 0.6) is 23.1 Å². The smallest absolute Gasteiger partial charge is 0.241 e. The van der Waals surface area contributed by atoms with Crippen molar-refractivity contribution in [2.24, 2.45) is 0 Å². The number of aromatic nitrogens is 2. The highest BCUT2D eigenvalue weighted by Gasteiger charge is 2.24. The molecule has 0 spiro atoms. The van der Waals surface area contributed by atoms with Crippen molar-refractivity contribution in [2.45, 2.75) is 13.3 Å². The van der Waals surface area contributed by atoms with Crippen LogP contribution in [0.4, 0.5) is 0 Å². The predicted molar refractivity (Wildman–Crippen MR) is 91.1 cm³/mol. The van der Waals surface area contributed by atoms with Gasteiger partial charge in [-0.05, 0) is 37.3 Å². The van der Waals surface area contributed by atoms with E-state index in [1.165, 1.54) is 0 Å². The van der Waals surface area contributed by atoms with Gasteiger partial charge in [0.05, 0.1) is 19.4 Å². The third-order valence-corrected chi connectivity index (χ3v) is 4.03. The molecule has 1 N–H and O–H groups in total. The number of fused-ring (bicyclic) bond motifs is 2. The number of imidazole rings is 1. The fourth-order valence-corrected chi connectivity index (χ4v) is 2.87. The zero-order valence-electron chi connectivity index (χ0n) is 13.6. The average Bonchev–Trinajstić information content (AvgIpc) is 3.03. The van der Waals surface area contributed by atoms with Gasteiger partial charge >= 0.3 is 0 Å². The highest BCUT2D eigenvalue weighted by molar-refractivity contribution is 5.60. The molecule has 5 heteroatoms. The van der Waals surface area contributed by atoms with Crippen molar-refractivity contribution in [1.29, 1.82) is 0 Å². The van der Waals surface area contributed by atoms with Gasteiger partial charge in [0.15, 0.2) is 11.5 Å². The molecule has 0 fully saturated rings. The van der Waals surface area contributed by atoms with E-state index in [0.717, 1.165) is 46.3 Å². The van der Waals surface area contributed by atoms with Crippen molar-refractivity contribution in [3.8, 4) is 34.5 Å². The Kier molecular flexibility index (Phi) is 3.61. The Labute approximate surface area is 140 Å². The summed E-state index contributed by atoms with van der Waals surface area (Å²) in [5, 5.41) is 0. The van der Waals surface area contributed by atoms with Gasteiger partial charge in [-0.3, -0.25) is 0 Å². The number of para-hydroxylation sites is 1. The van der Waals surface area contributed by atoms with Gasteiger partial charge in [0, 0.05) is 17.5 Å². The zero-order chi connectivity index (χ0) is 16.5. The van der Waals surface area contributed by atoms with Crippen molar-refractivity contribution in [3.63, 3.8) is 0 Å². The molecule has 2 aromatic carbocycles.